The highest BCUT2D eigenvalue weighted by molar-refractivity contribution is 7.07. The van der Waals surface area contributed by atoms with Crippen molar-refractivity contribution in [3.63, 3.8) is 0 Å². The number of rotatable bonds is 5. The summed E-state index contributed by atoms with van der Waals surface area (Å²) in [6, 6.07) is 11.8. The molecule has 4 rings (SSSR count). The number of hydrogen-bond donors (Lipinski definition) is 0. The number of thiazole rings is 1. The number of non-ortho nitro benzene ring substituents is 1. The second-order valence-electron chi connectivity index (χ2n) is 6.66. The lowest BCUT2D eigenvalue weighted by Gasteiger charge is -2.14. The fourth-order valence-corrected chi connectivity index (χ4v) is 4.47. The lowest BCUT2D eigenvalue weighted by atomic mass is 10.1. The van der Waals surface area contributed by atoms with Crippen molar-refractivity contribution in [2.75, 3.05) is 6.61 Å². The Balaban J connectivity index is 1.77. The zero-order valence-corrected chi connectivity index (χ0v) is 17.6. The highest BCUT2D eigenvalue weighted by Crippen LogP contribution is 2.28. The monoisotopic (exact) mass is 449 g/mol. The van der Waals surface area contributed by atoms with Gasteiger partial charge in [-0.3, -0.25) is 10.1 Å². The quantitative estimate of drug-likeness (QED) is 0.362. The minimum atomic E-state index is -0.400. The van der Waals surface area contributed by atoms with E-state index >= 15 is 0 Å². The molecule has 150 valence electrons. The van der Waals surface area contributed by atoms with Crippen molar-refractivity contribution in [2.45, 2.75) is 25.5 Å². The van der Waals surface area contributed by atoms with E-state index < -0.39 is 4.92 Å². The topological polar surface area (TPSA) is 69.7 Å². The molecule has 1 atom stereocenters. The van der Waals surface area contributed by atoms with Crippen molar-refractivity contribution in [2.24, 2.45) is 4.99 Å². The molecule has 1 aliphatic rings. The molecule has 1 aromatic heterocycles. The first-order valence-electron chi connectivity index (χ1n) is 9.06. The Kier molecular flexibility index (Phi) is 6.01. The lowest BCUT2D eigenvalue weighted by molar-refractivity contribution is -0.384. The van der Waals surface area contributed by atoms with Gasteiger partial charge < -0.3 is 9.30 Å². The summed E-state index contributed by atoms with van der Waals surface area (Å²) in [4.78, 5) is 16.1. The van der Waals surface area contributed by atoms with E-state index in [1.807, 2.05) is 11.4 Å². The number of benzene rings is 2. The van der Waals surface area contributed by atoms with Crippen molar-refractivity contribution in [1.82, 2.24) is 4.57 Å². The van der Waals surface area contributed by atoms with Crippen molar-refractivity contribution >= 4 is 45.9 Å². The van der Waals surface area contributed by atoms with Crippen molar-refractivity contribution in [1.29, 1.82) is 0 Å². The lowest BCUT2D eigenvalue weighted by Crippen LogP contribution is -2.24. The number of aromatic nitrogens is 1. The van der Waals surface area contributed by atoms with Crippen LogP contribution in [0.1, 0.15) is 12.8 Å². The maximum Gasteiger partial charge on any atom is 0.269 e. The molecule has 6 nitrogen and oxygen atoms in total. The number of nitro groups is 1. The number of ether oxygens (including phenoxy) is 1. The van der Waals surface area contributed by atoms with Gasteiger partial charge in [0.05, 0.1) is 39.0 Å². The van der Waals surface area contributed by atoms with E-state index in [0.717, 1.165) is 35.5 Å². The van der Waals surface area contributed by atoms with Crippen molar-refractivity contribution < 1.29 is 9.66 Å². The highest BCUT2D eigenvalue weighted by Gasteiger charge is 2.19. The molecular formula is C20H17Cl2N3O3S. The summed E-state index contributed by atoms with van der Waals surface area (Å²) >= 11 is 13.6. The minimum Gasteiger partial charge on any atom is -0.376 e. The molecule has 1 unspecified atom stereocenters. The second kappa shape index (κ2) is 8.67. The largest absolute Gasteiger partial charge is 0.376 e. The Morgan fingerprint density at radius 3 is 2.66 bits per heavy atom. The van der Waals surface area contributed by atoms with Crippen LogP contribution in [0.25, 0.3) is 11.3 Å². The molecule has 29 heavy (non-hydrogen) atoms. The van der Waals surface area contributed by atoms with Crippen molar-refractivity contribution in [3.8, 4) is 11.3 Å². The molecule has 0 amide bonds. The second-order valence-corrected chi connectivity index (χ2v) is 8.31. The van der Waals surface area contributed by atoms with Crippen LogP contribution in [-0.4, -0.2) is 22.2 Å². The maximum absolute atomic E-state index is 11.0. The molecule has 1 aliphatic heterocycles. The fourth-order valence-electron chi connectivity index (χ4n) is 3.24. The number of halogens is 2. The van der Waals surface area contributed by atoms with Gasteiger partial charge in [-0.1, -0.05) is 23.2 Å². The molecule has 1 saturated heterocycles. The normalized spacial score (nSPS) is 17.0. The van der Waals surface area contributed by atoms with Gasteiger partial charge >= 0.3 is 0 Å². The Bertz CT molecular complexity index is 1100. The van der Waals surface area contributed by atoms with Gasteiger partial charge in [0.1, 0.15) is 0 Å². The van der Waals surface area contributed by atoms with E-state index in [1.165, 1.54) is 23.5 Å². The first-order chi connectivity index (χ1) is 14.0. The average molecular weight is 450 g/mol. The first kappa shape index (κ1) is 20.1. The zero-order valence-electron chi connectivity index (χ0n) is 15.3. The van der Waals surface area contributed by atoms with Crippen LogP contribution in [0.4, 0.5) is 11.4 Å². The van der Waals surface area contributed by atoms with Gasteiger partial charge in [-0.25, -0.2) is 4.99 Å². The molecule has 0 N–H and O–H groups in total. The summed E-state index contributed by atoms with van der Waals surface area (Å²) in [7, 11) is 0. The predicted octanol–water partition coefficient (Wildman–Crippen LogP) is 5.84. The molecule has 1 fully saturated rings. The van der Waals surface area contributed by atoms with Gasteiger partial charge in [0.2, 0.25) is 0 Å². The van der Waals surface area contributed by atoms with E-state index in [0.29, 0.717) is 22.3 Å². The number of nitrogens with zero attached hydrogens (tertiary/aromatic N) is 3. The number of hydrogen-bond acceptors (Lipinski definition) is 5. The van der Waals surface area contributed by atoms with Crippen LogP contribution in [0.5, 0.6) is 0 Å². The highest BCUT2D eigenvalue weighted by atomic mass is 35.5. The summed E-state index contributed by atoms with van der Waals surface area (Å²) in [6.45, 7) is 1.43. The maximum atomic E-state index is 11.0. The van der Waals surface area contributed by atoms with E-state index in [4.69, 9.17) is 32.9 Å². The van der Waals surface area contributed by atoms with Gasteiger partial charge in [0, 0.05) is 24.1 Å². The molecule has 2 heterocycles. The van der Waals surface area contributed by atoms with E-state index in [-0.39, 0.29) is 11.8 Å². The van der Waals surface area contributed by atoms with Gasteiger partial charge in [0.25, 0.3) is 5.69 Å². The third-order valence-electron chi connectivity index (χ3n) is 4.71. The smallest absolute Gasteiger partial charge is 0.269 e. The van der Waals surface area contributed by atoms with E-state index in [1.54, 1.807) is 24.3 Å². The molecule has 9 heteroatoms. The fraction of sp³-hybridized carbons (Fsp3) is 0.250. The van der Waals surface area contributed by atoms with E-state index in [9.17, 15) is 10.1 Å². The van der Waals surface area contributed by atoms with Crippen LogP contribution in [0.2, 0.25) is 10.0 Å². The molecular weight excluding hydrogens is 433 g/mol. The van der Waals surface area contributed by atoms with Gasteiger partial charge in [-0.05, 0) is 48.7 Å². The minimum absolute atomic E-state index is 0.0652. The molecule has 0 radical (unpaired) electrons. The molecule has 0 aliphatic carbocycles. The molecule has 0 saturated carbocycles. The van der Waals surface area contributed by atoms with Crippen LogP contribution in [0.15, 0.2) is 52.8 Å². The Hall–Kier alpha value is -2.19. The third kappa shape index (κ3) is 4.53. The van der Waals surface area contributed by atoms with Gasteiger partial charge in [0.15, 0.2) is 4.80 Å². The van der Waals surface area contributed by atoms with Crippen LogP contribution in [-0.2, 0) is 11.3 Å². The molecule has 0 bridgehead atoms. The van der Waals surface area contributed by atoms with Crippen molar-refractivity contribution in [3.05, 3.63) is 72.8 Å². The van der Waals surface area contributed by atoms with Crippen LogP contribution >= 0.6 is 34.5 Å². The summed E-state index contributed by atoms with van der Waals surface area (Å²) in [5, 5.41) is 13.9. The Labute approximate surface area is 181 Å². The van der Waals surface area contributed by atoms with Gasteiger partial charge in [-0.2, -0.15) is 0 Å². The van der Waals surface area contributed by atoms with Gasteiger partial charge in [-0.15, -0.1) is 11.3 Å². The summed E-state index contributed by atoms with van der Waals surface area (Å²) in [6.07, 6.45) is 2.16. The Morgan fingerprint density at radius 1 is 1.21 bits per heavy atom. The first-order valence-corrected chi connectivity index (χ1v) is 10.7. The SMILES string of the molecule is O=[N+]([O-])c1ccc(-c2csc(=Nc3ccc(Cl)c(Cl)c3)n2CC2CCCO2)cc1. The molecule has 3 aromatic rings. The summed E-state index contributed by atoms with van der Waals surface area (Å²) in [5.74, 6) is 0. The molecule has 2 aromatic carbocycles. The average Bonchev–Trinajstić information content (AvgIpc) is 3.36. The third-order valence-corrected chi connectivity index (χ3v) is 6.31. The van der Waals surface area contributed by atoms with E-state index in [2.05, 4.69) is 4.57 Å². The zero-order chi connectivity index (χ0) is 20.4. The summed E-state index contributed by atoms with van der Waals surface area (Å²) in [5.41, 5.74) is 2.60. The standard InChI is InChI=1S/C20H17Cl2N3O3S/c21-17-8-5-14(10-18(17)22)23-20-24(11-16-2-1-9-28-16)19(12-29-20)13-3-6-15(7-4-13)25(26)27/h3-8,10,12,16H,1-2,9,11H2. The van der Waals surface area contributed by atoms with Crippen LogP contribution in [0, 0.1) is 10.1 Å². The van der Waals surface area contributed by atoms with Crippen LogP contribution < -0.4 is 4.80 Å². The number of nitro benzene ring substituents is 1. The molecule has 0 spiro atoms. The van der Waals surface area contributed by atoms with Crippen LogP contribution in [0.3, 0.4) is 0 Å². The summed E-state index contributed by atoms with van der Waals surface area (Å²) < 4.78 is 7.92. The predicted molar refractivity (Wildman–Crippen MR) is 115 cm³/mol. The Morgan fingerprint density at radius 2 is 2.00 bits per heavy atom.